The highest BCUT2D eigenvalue weighted by Gasteiger charge is 2.15. The van der Waals surface area contributed by atoms with Crippen molar-refractivity contribution in [3.8, 4) is 11.3 Å². The zero-order valence-electron chi connectivity index (χ0n) is 15.8. The van der Waals surface area contributed by atoms with Gasteiger partial charge in [-0.1, -0.05) is 43.2 Å². The van der Waals surface area contributed by atoms with Crippen molar-refractivity contribution in [1.29, 1.82) is 0 Å². The third-order valence-corrected chi connectivity index (χ3v) is 5.52. The lowest BCUT2D eigenvalue weighted by molar-refractivity contribution is 0.0998. The van der Waals surface area contributed by atoms with Crippen molar-refractivity contribution >= 4 is 17.2 Å². The lowest BCUT2D eigenvalue weighted by Gasteiger charge is -2.09. The molecule has 27 heavy (non-hydrogen) atoms. The Hall–Kier alpha value is -2.53. The zero-order valence-corrected chi connectivity index (χ0v) is 16.6. The molecule has 1 aromatic heterocycles. The van der Waals surface area contributed by atoms with E-state index in [-0.39, 0.29) is 11.7 Å². The quantitative estimate of drug-likeness (QED) is 0.583. The Kier molecular flexibility index (Phi) is 6.01. The molecular formula is C22H23FN2OS. The van der Waals surface area contributed by atoms with Crippen LogP contribution in [0, 0.1) is 12.7 Å². The summed E-state index contributed by atoms with van der Waals surface area (Å²) in [5.74, 6) is -0.713. The van der Waals surface area contributed by atoms with Crippen molar-refractivity contribution in [2.45, 2.75) is 40.2 Å². The van der Waals surface area contributed by atoms with E-state index in [1.165, 1.54) is 34.7 Å². The van der Waals surface area contributed by atoms with Gasteiger partial charge in [-0.15, -0.1) is 11.3 Å². The SMILES string of the molecule is CCCc1sc(=NC(=O)c2ccc(F)cc2)n(CC)c1-c1ccc(C)cc1. The van der Waals surface area contributed by atoms with Crippen LogP contribution in [-0.2, 0) is 13.0 Å². The molecule has 3 rings (SSSR count). The minimum atomic E-state index is -0.363. The monoisotopic (exact) mass is 382 g/mol. The van der Waals surface area contributed by atoms with Gasteiger partial charge in [-0.2, -0.15) is 4.99 Å². The van der Waals surface area contributed by atoms with E-state index < -0.39 is 0 Å². The van der Waals surface area contributed by atoms with Gasteiger partial charge in [-0.05, 0) is 50.1 Å². The molecule has 1 amide bonds. The van der Waals surface area contributed by atoms with Crippen LogP contribution in [-0.4, -0.2) is 10.5 Å². The molecule has 0 N–H and O–H groups in total. The van der Waals surface area contributed by atoms with Gasteiger partial charge in [0.25, 0.3) is 5.91 Å². The number of amides is 1. The number of halogens is 1. The van der Waals surface area contributed by atoms with Gasteiger partial charge >= 0.3 is 0 Å². The zero-order chi connectivity index (χ0) is 19.4. The Bertz CT molecular complexity index is 998. The average Bonchev–Trinajstić information content (AvgIpc) is 3.00. The predicted octanol–water partition coefficient (Wildman–Crippen LogP) is 5.38. The van der Waals surface area contributed by atoms with E-state index in [1.807, 2.05) is 0 Å². The van der Waals surface area contributed by atoms with E-state index in [1.54, 1.807) is 11.3 Å². The Labute approximate surface area is 162 Å². The molecule has 0 aliphatic carbocycles. The van der Waals surface area contributed by atoms with Crippen molar-refractivity contribution in [1.82, 2.24) is 4.57 Å². The minimum absolute atomic E-state index is 0.350. The summed E-state index contributed by atoms with van der Waals surface area (Å²) >= 11 is 1.56. The van der Waals surface area contributed by atoms with Crippen LogP contribution in [0.25, 0.3) is 11.3 Å². The van der Waals surface area contributed by atoms with Crippen LogP contribution in [0.1, 0.15) is 41.1 Å². The first-order chi connectivity index (χ1) is 13.0. The second-order valence-electron chi connectivity index (χ2n) is 6.44. The first kappa shape index (κ1) is 19.2. The highest BCUT2D eigenvalue weighted by atomic mass is 32.1. The number of rotatable bonds is 5. The van der Waals surface area contributed by atoms with E-state index in [0.717, 1.165) is 30.6 Å². The highest BCUT2D eigenvalue weighted by molar-refractivity contribution is 7.09. The van der Waals surface area contributed by atoms with Crippen molar-refractivity contribution < 1.29 is 9.18 Å². The number of benzene rings is 2. The second-order valence-corrected chi connectivity index (χ2v) is 7.50. The molecule has 0 unspecified atom stereocenters. The van der Waals surface area contributed by atoms with Crippen LogP contribution in [0.4, 0.5) is 4.39 Å². The smallest absolute Gasteiger partial charge is 0.279 e. The van der Waals surface area contributed by atoms with E-state index in [4.69, 9.17) is 0 Å². The third kappa shape index (κ3) is 4.25. The molecule has 0 saturated heterocycles. The number of carbonyl (C=O) groups is 1. The Morgan fingerprint density at radius 3 is 2.33 bits per heavy atom. The fourth-order valence-corrected chi connectivity index (χ4v) is 4.32. The number of nitrogens with zero attached hydrogens (tertiary/aromatic N) is 2. The number of thiazole rings is 1. The standard InChI is InChI=1S/C22H23FN2OS/c1-4-6-19-20(16-9-7-15(3)8-10-16)25(5-2)22(27-19)24-21(26)17-11-13-18(23)14-12-17/h7-14H,4-6H2,1-3H3. The summed E-state index contributed by atoms with van der Waals surface area (Å²) in [7, 11) is 0. The van der Waals surface area contributed by atoms with Gasteiger partial charge in [0.05, 0.1) is 5.69 Å². The summed E-state index contributed by atoms with van der Waals surface area (Å²) in [6.07, 6.45) is 1.96. The number of aryl methyl sites for hydroxylation is 2. The molecule has 0 bridgehead atoms. The van der Waals surface area contributed by atoms with Crippen LogP contribution >= 0.6 is 11.3 Å². The topological polar surface area (TPSA) is 34.4 Å². The molecule has 1 heterocycles. The van der Waals surface area contributed by atoms with Gasteiger partial charge < -0.3 is 4.57 Å². The van der Waals surface area contributed by atoms with Crippen LogP contribution < -0.4 is 4.80 Å². The molecule has 0 saturated carbocycles. The molecule has 0 spiro atoms. The molecule has 0 radical (unpaired) electrons. The van der Waals surface area contributed by atoms with Crippen LogP contribution in [0.15, 0.2) is 53.5 Å². The summed E-state index contributed by atoms with van der Waals surface area (Å²) in [5, 5.41) is 0. The van der Waals surface area contributed by atoms with Crippen molar-refractivity contribution in [3.05, 3.63) is 75.2 Å². The summed E-state index contributed by atoms with van der Waals surface area (Å²) in [4.78, 5) is 18.8. The number of aromatic nitrogens is 1. The van der Waals surface area contributed by atoms with Crippen molar-refractivity contribution in [3.63, 3.8) is 0 Å². The third-order valence-electron chi connectivity index (χ3n) is 4.39. The first-order valence-corrected chi connectivity index (χ1v) is 9.99. The molecule has 140 valence electrons. The molecule has 0 atom stereocenters. The maximum absolute atomic E-state index is 13.1. The number of hydrogen-bond acceptors (Lipinski definition) is 2. The lowest BCUT2D eigenvalue weighted by Crippen LogP contribution is -2.17. The van der Waals surface area contributed by atoms with Gasteiger partial charge in [0.1, 0.15) is 5.82 Å². The largest absolute Gasteiger partial charge is 0.316 e. The molecular weight excluding hydrogens is 359 g/mol. The van der Waals surface area contributed by atoms with E-state index in [2.05, 4.69) is 54.6 Å². The highest BCUT2D eigenvalue weighted by Crippen LogP contribution is 2.27. The van der Waals surface area contributed by atoms with Gasteiger partial charge in [-0.3, -0.25) is 4.79 Å². The average molecular weight is 383 g/mol. The van der Waals surface area contributed by atoms with E-state index in [0.29, 0.717) is 10.4 Å². The maximum Gasteiger partial charge on any atom is 0.279 e. The summed E-state index contributed by atoms with van der Waals surface area (Å²) in [6.45, 7) is 7.00. The molecule has 2 aromatic carbocycles. The molecule has 0 aliphatic heterocycles. The normalized spacial score (nSPS) is 11.8. The molecule has 5 heteroatoms. The van der Waals surface area contributed by atoms with Gasteiger partial charge in [-0.25, -0.2) is 4.39 Å². The van der Waals surface area contributed by atoms with Crippen LogP contribution in [0.3, 0.4) is 0 Å². The molecule has 3 nitrogen and oxygen atoms in total. The summed E-state index contributed by atoms with van der Waals surface area (Å²) < 4.78 is 15.2. The van der Waals surface area contributed by atoms with Crippen molar-refractivity contribution in [2.24, 2.45) is 4.99 Å². The van der Waals surface area contributed by atoms with Crippen molar-refractivity contribution in [2.75, 3.05) is 0 Å². The lowest BCUT2D eigenvalue weighted by atomic mass is 10.1. The van der Waals surface area contributed by atoms with Gasteiger partial charge in [0, 0.05) is 17.0 Å². The molecule has 3 aromatic rings. The number of carbonyl (C=O) groups excluding carboxylic acids is 1. The van der Waals surface area contributed by atoms with Gasteiger partial charge in [0.2, 0.25) is 0 Å². The fourth-order valence-electron chi connectivity index (χ4n) is 3.00. The summed E-state index contributed by atoms with van der Waals surface area (Å²) in [6, 6.07) is 13.9. The Morgan fingerprint density at radius 1 is 1.07 bits per heavy atom. The Balaban J connectivity index is 2.13. The van der Waals surface area contributed by atoms with Crippen LogP contribution in [0.5, 0.6) is 0 Å². The van der Waals surface area contributed by atoms with E-state index in [9.17, 15) is 9.18 Å². The summed E-state index contributed by atoms with van der Waals surface area (Å²) in [5.41, 5.74) is 3.87. The molecule has 0 aliphatic rings. The van der Waals surface area contributed by atoms with Crippen LogP contribution in [0.2, 0.25) is 0 Å². The van der Waals surface area contributed by atoms with Gasteiger partial charge in [0.15, 0.2) is 4.80 Å². The first-order valence-electron chi connectivity index (χ1n) is 9.17. The van der Waals surface area contributed by atoms with E-state index >= 15 is 0 Å². The fraction of sp³-hybridized carbons (Fsp3) is 0.273. The number of hydrogen-bond donors (Lipinski definition) is 0. The predicted molar refractivity (Wildman–Crippen MR) is 108 cm³/mol. The minimum Gasteiger partial charge on any atom is -0.316 e. The maximum atomic E-state index is 13.1. The second kappa shape index (κ2) is 8.44. The molecule has 0 fully saturated rings. The Morgan fingerprint density at radius 2 is 1.74 bits per heavy atom.